The van der Waals surface area contributed by atoms with E-state index in [1.54, 1.807) is 6.08 Å². The molecule has 1 aromatic rings. The van der Waals surface area contributed by atoms with Crippen molar-refractivity contribution in [2.75, 3.05) is 0 Å². The first-order chi connectivity index (χ1) is 8.11. The predicted octanol–water partition coefficient (Wildman–Crippen LogP) is 2.83. The number of aryl methyl sites for hydroxylation is 1. The van der Waals surface area contributed by atoms with E-state index in [2.05, 4.69) is 16.1 Å². The van der Waals surface area contributed by atoms with Crippen LogP contribution in [0.3, 0.4) is 0 Å². The number of hydrogen-bond donors (Lipinski definition) is 0. The first kappa shape index (κ1) is 12.7. The molecule has 0 aliphatic rings. The Kier molecular flexibility index (Phi) is 4.69. The lowest BCUT2D eigenvalue weighted by Crippen LogP contribution is -2.08. The Morgan fingerprint density at radius 2 is 1.88 bits per heavy atom. The van der Waals surface area contributed by atoms with Crippen LogP contribution in [0, 0.1) is 6.92 Å². The summed E-state index contributed by atoms with van der Waals surface area (Å²) in [7, 11) is 0. The largest absolute Gasteiger partial charge is 0.521 e. The van der Waals surface area contributed by atoms with Gasteiger partial charge in [-0.25, -0.2) is 9.59 Å². The van der Waals surface area contributed by atoms with Crippen LogP contribution in [0.4, 0.5) is 4.79 Å². The number of carbonyl (C=O) groups is 2. The summed E-state index contributed by atoms with van der Waals surface area (Å²) in [5, 5.41) is 0. The first-order valence-electron chi connectivity index (χ1n) is 4.90. The second kappa shape index (κ2) is 6.27. The molecule has 0 saturated carbocycles. The second-order valence-electron chi connectivity index (χ2n) is 3.20. The van der Waals surface area contributed by atoms with Crippen LogP contribution in [-0.4, -0.2) is 12.1 Å². The van der Waals surface area contributed by atoms with Gasteiger partial charge in [-0.15, -0.1) is 0 Å². The van der Waals surface area contributed by atoms with E-state index in [-0.39, 0.29) is 0 Å². The molecule has 1 rings (SSSR count). The quantitative estimate of drug-likeness (QED) is 0.348. The fourth-order valence-corrected chi connectivity index (χ4v) is 1.05. The topological polar surface area (TPSA) is 52.6 Å². The Hall–Kier alpha value is -2.36. The molecule has 4 heteroatoms. The minimum atomic E-state index is -1.10. The van der Waals surface area contributed by atoms with Gasteiger partial charge in [0.25, 0.3) is 0 Å². The third-order valence-corrected chi connectivity index (χ3v) is 1.85. The zero-order chi connectivity index (χ0) is 12.7. The fourth-order valence-electron chi connectivity index (χ4n) is 1.05. The van der Waals surface area contributed by atoms with Gasteiger partial charge < -0.3 is 9.47 Å². The van der Waals surface area contributed by atoms with E-state index in [1.165, 1.54) is 0 Å². The van der Waals surface area contributed by atoms with Crippen LogP contribution in [0.2, 0.25) is 0 Å². The standard InChI is InChI=1S/C13H12O4/c1-3-16-13(15)17-12(14)9-8-11-6-4-10(2)5-7-11/h3-9H,1H2,2H3. The molecule has 0 unspecified atom stereocenters. The lowest BCUT2D eigenvalue weighted by Gasteiger charge is -1.97. The van der Waals surface area contributed by atoms with E-state index < -0.39 is 12.1 Å². The van der Waals surface area contributed by atoms with Crippen LogP contribution in [0.15, 0.2) is 43.2 Å². The number of benzene rings is 1. The molecule has 0 aliphatic carbocycles. The second-order valence-corrected chi connectivity index (χ2v) is 3.20. The van der Waals surface area contributed by atoms with Crippen LogP contribution < -0.4 is 0 Å². The number of ether oxygens (including phenoxy) is 2. The van der Waals surface area contributed by atoms with Gasteiger partial charge in [-0.3, -0.25) is 0 Å². The summed E-state index contributed by atoms with van der Waals surface area (Å²) in [6, 6.07) is 7.52. The van der Waals surface area contributed by atoms with Gasteiger partial charge in [0.2, 0.25) is 0 Å². The molecular weight excluding hydrogens is 220 g/mol. The van der Waals surface area contributed by atoms with Crippen molar-refractivity contribution in [3.63, 3.8) is 0 Å². The predicted molar refractivity (Wildman–Crippen MR) is 63.0 cm³/mol. The van der Waals surface area contributed by atoms with Crippen molar-refractivity contribution in [3.05, 3.63) is 54.3 Å². The SMILES string of the molecule is C=COC(=O)OC(=O)C=Cc1ccc(C)cc1. The number of rotatable bonds is 3. The summed E-state index contributed by atoms with van der Waals surface area (Å²) in [5.74, 6) is -0.794. The molecule has 0 saturated heterocycles. The van der Waals surface area contributed by atoms with Crippen molar-refractivity contribution in [1.29, 1.82) is 0 Å². The zero-order valence-corrected chi connectivity index (χ0v) is 9.38. The van der Waals surface area contributed by atoms with Crippen LogP contribution in [0.25, 0.3) is 6.08 Å². The minimum absolute atomic E-state index is 0.794. The Labute approximate surface area is 99.2 Å². The molecule has 0 aliphatic heterocycles. The highest BCUT2D eigenvalue weighted by Gasteiger charge is 2.06. The summed E-state index contributed by atoms with van der Waals surface area (Å²) in [4.78, 5) is 21.9. The van der Waals surface area contributed by atoms with Crippen LogP contribution >= 0.6 is 0 Å². The lowest BCUT2D eigenvalue weighted by atomic mass is 10.1. The van der Waals surface area contributed by atoms with E-state index in [9.17, 15) is 9.59 Å². The van der Waals surface area contributed by atoms with Crippen LogP contribution in [0.1, 0.15) is 11.1 Å². The van der Waals surface area contributed by atoms with E-state index in [1.807, 2.05) is 31.2 Å². The van der Waals surface area contributed by atoms with Gasteiger partial charge in [-0.2, -0.15) is 0 Å². The van der Waals surface area contributed by atoms with E-state index >= 15 is 0 Å². The molecular formula is C13H12O4. The summed E-state index contributed by atoms with van der Waals surface area (Å²) in [6.07, 6.45) is 2.48. The highest BCUT2D eigenvalue weighted by atomic mass is 16.7. The average molecular weight is 232 g/mol. The van der Waals surface area contributed by atoms with Gasteiger partial charge in [-0.05, 0) is 18.6 Å². The summed E-state index contributed by atoms with van der Waals surface area (Å²) in [6.45, 7) is 5.12. The third-order valence-electron chi connectivity index (χ3n) is 1.85. The van der Waals surface area contributed by atoms with E-state index in [0.29, 0.717) is 0 Å². The summed E-state index contributed by atoms with van der Waals surface area (Å²) >= 11 is 0. The maximum Gasteiger partial charge on any atom is 0.521 e. The highest BCUT2D eigenvalue weighted by Crippen LogP contribution is 2.05. The Balaban J connectivity index is 2.53. The van der Waals surface area contributed by atoms with Gasteiger partial charge in [0.15, 0.2) is 0 Å². The normalized spacial score (nSPS) is 9.94. The molecule has 4 nitrogen and oxygen atoms in total. The minimum Gasteiger partial charge on any atom is -0.403 e. The van der Waals surface area contributed by atoms with Gasteiger partial charge >= 0.3 is 12.1 Å². The van der Waals surface area contributed by atoms with Crippen molar-refractivity contribution >= 4 is 18.2 Å². The smallest absolute Gasteiger partial charge is 0.403 e. The molecule has 0 bridgehead atoms. The van der Waals surface area contributed by atoms with E-state index in [0.717, 1.165) is 23.5 Å². The zero-order valence-electron chi connectivity index (χ0n) is 9.38. The maximum atomic E-state index is 11.1. The fraction of sp³-hybridized carbons (Fsp3) is 0.0769. The molecule has 17 heavy (non-hydrogen) atoms. The van der Waals surface area contributed by atoms with Crippen LogP contribution in [0.5, 0.6) is 0 Å². The van der Waals surface area contributed by atoms with Crippen molar-refractivity contribution in [1.82, 2.24) is 0 Å². The molecule has 0 radical (unpaired) electrons. The van der Waals surface area contributed by atoms with Gasteiger partial charge in [-0.1, -0.05) is 36.4 Å². The Morgan fingerprint density at radius 3 is 2.47 bits per heavy atom. The number of hydrogen-bond acceptors (Lipinski definition) is 4. The van der Waals surface area contributed by atoms with Gasteiger partial charge in [0.05, 0.1) is 6.26 Å². The number of esters is 1. The molecule has 0 aromatic heterocycles. The maximum absolute atomic E-state index is 11.1. The van der Waals surface area contributed by atoms with Crippen molar-refractivity contribution in [3.8, 4) is 0 Å². The molecule has 0 N–H and O–H groups in total. The molecule has 0 amide bonds. The molecule has 0 heterocycles. The van der Waals surface area contributed by atoms with E-state index in [4.69, 9.17) is 0 Å². The Morgan fingerprint density at radius 1 is 1.24 bits per heavy atom. The first-order valence-corrected chi connectivity index (χ1v) is 4.90. The monoisotopic (exact) mass is 232 g/mol. The van der Waals surface area contributed by atoms with Crippen molar-refractivity contribution in [2.45, 2.75) is 6.92 Å². The molecule has 1 aromatic carbocycles. The van der Waals surface area contributed by atoms with Gasteiger partial charge in [0.1, 0.15) is 0 Å². The van der Waals surface area contributed by atoms with Crippen molar-refractivity contribution < 1.29 is 19.1 Å². The molecule has 0 spiro atoms. The molecule has 0 atom stereocenters. The van der Waals surface area contributed by atoms with Crippen LogP contribution in [-0.2, 0) is 14.3 Å². The highest BCUT2D eigenvalue weighted by molar-refractivity contribution is 5.93. The van der Waals surface area contributed by atoms with Crippen molar-refractivity contribution in [2.24, 2.45) is 0 Å². The lowest BCUT2D eigenvalue weighted by molar-refractivity contribution is -0.133. The molecule has 88 valence electrons. The number of carbonyl (C=O) groups excluding carboxylic acids is 2. The Bertz CT molecular complexity index is 443. The average Bonchev–Trinajstić information content (AvgIpc) is 2.28. The molecule has 0 fully saturated rings. The third kappa shape index (κ3) is 4.79. The van der Waals surface area contributed by atoms with Gasteiger partial charge in [0, 0.05) is 6.08 Å². The summed E-state index contributed by atoms with van der Waals surface area (Å²) < 4.78 is 8.51. The summed E-state index contributed by atoms with van der Waals surface area (Å²) in [5.41, 5.74) is 1.96.